The molecule has 0 saturated heterocycles. The fraction of sp³-hybridized carbons (Fsp3) is 0.286. The number of nitrogen functional groups attached to an aromatic ring is 1. The van der Waals surface area contributed by atoms with Gasteiger partial charge in [-0.2, -0.15) is 5.10 Å². The number of anilines is 1. The topological polar surface area (TPSA) is 81.1 Å². The average Bonchev–Trinajstić information content (AvgIpc) is 2.70. The second-order valence-corrected chi connectivity index (χ2v) is 5.47. The lowest BCUT2D eigenvalue weighted by atomic mass is 9.87. The van der Waals surface area contributed by atoms with Crippen LogP contribution in [0.4, 0.5) is 5.82 Å². The lowest BCUT2D eigenvalue weighted by Gasteiger charge is -2.19. The van der Waals surface area contributed by atoms with E-state index in [1.54, 1.807) is 0 Å². The molecule has 1 heterocycles. The van der Waals surface area contributed by atoms with Gasteiger partial charge in [-0.1, -0.05) is 32.9 Å². The van der Waals surface area contributed by atoms with Gasteiger partial charge < -0.3 is 10.8 Å². The van der Waals surface area contributed by atoms with E-state index < -0.39 is 5.97 Å². The molecule has 0 spiro atoms. The first-order valence-electron chi connectivity index (χ1n) is 5.99. The Bertz CT molecular complexity index is 607. The van der Waals surface area contributed by atoms with E-state index in [0.29, 0.717) is 5.82 Å². The molecule has 0 bridgehead atoms. The predicted molar refractivity (Wildman–Crippen MR) is 73.6 cm³/mol. The third-order valence-electron chi connectivity index (χ3n) is 2.93. The Morgan fingerprint density at radius 1 is 1.26 bits per heavy atom. The van der Waals surface area contributed by atoms with Crippen LogP contribution in [-0.2, 0) is 5.41 Å². The zero-order chi connectivity index (χ0) is 14.2. The SMILES string of the molecule is CC(C)(C)c1ccc(-n2nc(C(=O)O)cc2N)cc1. The second kappa shape index (κ2) is 4.42. The monoisotopic (exact) mass is 259 g/mol. The third kappa shape index (κ3) is 2.59. The van der Waals surface area contributed by atoms with Gasteiger partial charge in [-0.15, -0.1) is 0 Å². The first-order valence-corrected chi connectivity index (χ1v) is 5.99. The third-order valence-corrected chi connectivity index (χ3v) is 2.93. The van der Waals surface area contributed by atoms with Crippen LogP contribution in [0.3, 0.4) is 0 Å². The maximum atomic E-state index is 10.9. The van der Waals surface area contributed by atoms with Crippen LogP contribution in [0.5, 0.6) is 0 Å². The fourth-order valence-corrected chi connectivity index (χ4v) is 1.81. The minimum Gasteiger partial charge on any atom is -0.476 e. The van der Waals surface area contributed by atoms with E-state index in [1.807, 2.05) is 24.3 Å². The van der Waals surface area contributed by atoms with E-state index in [1.165, 1.54) is 16.3 Å². The van der Waals surface area contributed by atoms with Crippen molar-refractivity contribution in [3.63, 3.8) is 0 Å². The van der Waals surface area contributed by atoms with Crippen LogP contribution in [0.25, 0.3) is 5.69 Å². The standard InChI is InChI=1S/C14H17N3O2/c1-14(2,3)9-4-6-10(7-5-9)17-12(15)8-11(16-17)13(18)19/h4-8H,15H2,1-3H3,(H,18,19). The molecule has 19 heavy (non-hydrogen) atoms. The molecular formula is C14H17N3O2. The summed E-state index contributed by atoms with van der Waals surface area (Å²) in [5.74, 6) is -0.780. The number of hydrogen-bond acceptors (Lipinski definition) is 3. The van der Waals surface area contributed by atoms with Crippen molar-refractivity contribution in [2.75, 3.05) is 5.73 Å². The van der Waals surface area contributed by atoms with Crippen LogP contribution >= 0.6 is 0 Å². The van der Waals surface area contributed by atoms with Crippen molar-refractivity contribution in [2.24, 2.45) is 0 Å². The first-order chi connectivity index (χ1) is 8.79. The number of carboxylic acid groups (broad SMARTS) is 1. The molecule has 0 fully saturated rings. The normalized spacial score (nSPS) is 11.5. The Balaban J connectivity index is 2.40. The largest absolute Gasteiger partial charge is 0.476 e. The van der Waals surface area contributed by atoms with Crippen LogP contribution in [0.15, 0.2) is 30.3 Å². The van der Waals surface area contributed by atoms with Gasteiger partial charge in [-0.25, -0.2) is 9.48 Å². The molecule has 0 radical (unpaired) electrons. The minimum absolute atomic E-state index is 0.0580. The highest BCUT2D eigenvalue weighted by Crippen LogP contribution is 2.24. The number of rotatable bonds is 2. The molecule has 100 valence electrons. The van der Waals surface area contributed by atoms with Crippen LogP contribution in [0, 0.1) is 0 Å². The zero-order valence-electron chi connectivity index (χ0n) is 11.2. The highest BCUT2D eigenvalue weighted by molar-refractivity contribution is 5.86. The molecule has 2 rings (SSSR count). The van der Waals surface area contributed by atoms with E-state index in [4.69, 9.17) is 10.8 Å². The maximum absolute atomic E-state index is 10.9. The lowest BCUT2D eigenvalue weighted by Crippen LogP contribution is -2.11. The number of aromatic carboxylic acids is 1. The molecule has 2 aromatic rings. The van der Waals surface area contributed by atoms with Crippen LogP contribution in [0.1, 0.15) is 36.8 Å². The van der Waals surface area contributed by atoms with Crippen molar-refractivity contribution >= 4 is 11.8 Å². The summed E-state index contributed by atoms with van der Waals surface area (Å²) in [5.41, 5.74) is 7.73. The summed E-state index contributed by atoms with van der Waals surface area (Å²) < 4.78 is 1.43. The summed E-state index contributed by atoms with van der Waals surface area (Å²) in [5, 5.41) is 12.9. The van der Waals surface area contributed by atoms with E-state index in [9.17, 15) is 4.79 Å². The number of hydrogen-bond donors (Lipinski definition) is 2. The molecule has 0 aliphatic heterocycles. The average molecular weight is 259 g/mol. The Labute approximate surface area is 111 Å². The van der Waals surface area contributed by atoms with Gasteiger partial charge in [-0.05, 0) is 23.1 Å². The molecule has 3 N–H and O–H groups in total. The Kier molecular flexibility index (Phi) is 3.06. The number of aromatic nitrogens is 2. The molecule has 0 atom stereocenters. The van der Waals surface area contributed by atoms with Gasteiger partial charge in [0.15, 0.2) is 5.69 Å². The quantitative estimate of drug-likeness (QED) is 0.868. The molecule has 0 unspecified atom stereocenters. The van der Waals surface area contributed by atoms with Gasteiger partial charge in [0.25, 0.3) is 0 Å². The molecule has 1 aromatic heterocycles. The molecule has 0 aliphatic rings. The summed E-state index contributed by atoms with van der Waals surface area (Å²) in [4.78, 5) is 10.9. The smallest absolute Gasteiger partial charge is 0.356 e. The van der Waals surface area contributed by atoms with E-state index >= 15 is 0 Å². The summed E-state index contributed by atoms with van der Waals surface area (Å²) >= 11 is 0. The number of nitrogens with zero attached hydrogens (tertiary/aromatic N) is 2. The molecule has 1 aromatic carbocycles. The molecule has 0 saturated carbocycles. The number of carboxylic acids is 1. The van der Waals surface area contributed by atoms with Gasteiger partial charge in [0.1, 0.15) is 5.82 Å². The van der Waals surface area contributed by atoms with Crippen molar-refractivity contribution in [1.29, 1.82) is 0 Å². The number of benzene rings is 1. The Morgan fingerprint density at radius 2 is 1.84 bits per heavy atom. The van der Waals surface area contributed by atoms with Crippen LogP contribution in [0.2, 0.25) is 0 Å². The molecule has 0 amide bonds. The fourth-order valence-electron chi connectivity index (χ4n) is 1.81. The predicted octanol–water partition coefficient (Wildman–Crippen LogP) is 2.45. The van der Waals surface area contributed by atoms with Gasteiger partial charge in [-0.3, -0.25) is 0 Å². The summed E-state index contributed by atoms with van der Waals surface area (Å²) in [6, 6.07) is 9.11. The van der Waals surface area contributed by atoms with Crippen LogP contribution < -0.4 is 5.73 Å². The van der Waals surface area contributed by atoms with Crippen molar-refractivity contribution in [3.8, 4) is 5.69 Å². The van der Waals surface area contributed by atoms with Gasteiger partial charge in [0.05, 0.1) is 5.69 Å². The highest BCUT2D eigenvalue weighted by Gasteiger charge is 2.15. The number of nitrogens with two attached hydrogens (primary N) is 1. The van der Waals surface area contributed by atoms with Crippen molar-refractivity contribution in [3.05, 3.63) is 41.6 Å². The Hall–Kier alpha value is -2.30. The first kappa shape index (κ1) is 13.1. The van der Waals surface area contributed by atoms with Gasteiger partial charge >= 0.3 is 5.97 Å². The van der Waals surface area contributed by atoms with Crippen molar-refractivity contribution in [2.45, 2.75) is 26.2 Å². The minimum atomic E-state index is -1.09. The van der Waals surface area contributed by atoms with Gasteiger partial charge in [0.2, 0.25) is 0 Å². The van der Waals surface area contributed by atoms with Crippen LogP contribution in [-0.4, -0.2) is 20.9 Å². The highest BCUT2D eigenvalue weighted by atomic mass is 16.4. The zero-order valence-corrected chi connectivity index (χ0v) is 11.2. The Morgan fingerprint density at radius 3 is 2.26 bits per heavy atom. The van der Waals surface area contributed by atoms with E-state index in [-0.39, 0.29) is 11.1 Å². The van der Waals surface area contributed by atoms with Gasteiger partial charge in [0, 0.05) is 6.07 Å². The van der Waals surface area contributed by atoms with Crippen molar-refractivity contribution < 1.29 is 9.90 Å². The summed E-state index contributed by atoms with van der Waals surface area (Å²) in [7, 11) is 0. The number of carbonyl (C=O) groups is 1. The molecule has 5 nitrogen and oxygen atoms in total. The molecule has 5 heteroatoms. The maximum Gasteiger partial charge on any atom is 0.356 e. The van der Waals surface area contributed by atoms with Crippen molar-refractivity contribution in [1.82, 2.24) is 9.78 Å². The molecule has 0 aliphatic carbocycles. The van der Waals surface area contributed by atoms with E-state index in [0.717, 1.165) is 5.69 Å². The molecular weight excluding hydrogens is 242 g/mol. The summed E-state index contributed by atoms with van der Waals surface area (Å²) in [6.07, 6.45) is 0. The summed E-state index contributed by atoms with van der Waals surface area (Å²) in [6.45, 7) is 6.40. The van der Waals surface area contributed by atoms with E-state index in [2.05, 4.69) is 25.9 Å². The lowest BCUT2D eigenvalue weighted by molar-refractivity contribution is 0.0690. The second-order valence-electron chi connectivity index (χ2n) is 5.47.